The highest BCUT2D eigenvalue weighted by Gasteiger charge is 2.22. The SMILES string of the molecule is Cl.NC(C(=O)NCCCC(=O)NC1CC1)c1ccccc1. The second-order valence-corrected chi connectivity index (χ2v) is 5.12. The van der Waals surface area contributed by atoms with Gasteiger partial charge in [0.1, 0.15) is 6.04 Å². The van der Waals surface area contributed by atoms with Gasteiger partial charge in [-0.1, -0.05) is 30.3 Å². The largest absolute Gasteiger partial charge is 0.354 e. The van der Waals surface area contributed by atoms with Gasteiger partial charge in [-0.2, -0.15) is 0 Å². The van der Waals surface area contributed by atoms with Gasteiger partial charge in [-0.3, -0.25) is 9.59 Å². The van der Waals surface area contributed by atoms with Gasteiger partial charge < -0.3 is 16.4 Å². The number of carbonyl (C=O) groups is 2. The van der Waals surface area contributed by atoms with Crippen LogP contribution in [0.5, 0.6) is 0 Å². The molecular formula is C15H22ClN3O2. The Balaban J connectivity index is 0.00000220. The summed E-state index contributed by atoms with van der Waals surface area (Å²) in [5.41, 5.74) is 6.65. The van der Waals surface area contributed by atoms with Crippen LogP contribution in [-0.4, -0.2) is 24.4 Å². The number of carbonyl (C=O) groups excluding carboxylic acids is 2. The Kier molecular flexibility index (Phi) is 7.19. The summed E-state index contributed by atoms with van der Waals surface area (Å²) in [7, 11) is 0. The van der Waals surface area contributed by atoms with Crippen LogP contribution in [0.1, 0.15) is 37.3 Å². The molecule has 6 heteroatoms. The summed E-state index contributed by atoms with van der Waals surface area (Å²) in [6.45, 7) is 0.470. The van der Waals surface area contributed by atoms with Gasteiger partial charge in [0.25, 0.3) is 0 Å². The molecule has 0 radical (unpaired) electrons. The van der Waals surface area contributed by atoms with Crippen molar-refractivity contribution in [1.29, 1.82) is 0 Å². The van der Waals surface area contributed by atoms with E-state index in [9.17, 15) is 9.59 Å². The van der Waals surface area contributed by atoms with E-state index in [1.807, 2.05) is 30.3 Å². The van der Waals surface area contributed by atoms with Gasteiger partial charge in [0, 0.05) is 19.0 Å². The first kappa shape index (κ1) is 17.5. The number of nitrogens with two attached hydrogens (primary N) is 1. The molecule has 2 amide bonds. The molecule has 1 aromatic carbocycles. The molecule has 0 aliphatic heterocycles. The van der Waals surface area contributed by atoms with Crippen LogP contribution in [0, 0.1) is 0 Å². The van der Waals surface area contributed by atoms with Crippen LogP contribution in [-0.2, 0) is 9.59 Å². The minimum Gasteiger partial charge on any atom is -0.354 e. The van der Waals surface area contributed by atoms with E-state index in [-0.39, 0.29) is 24.2 Å². The standard InChI is InChI=1S/C15H21N3O2.ClH/c16-14(11-5-2-1-3-6-11)15(20)17-10-4-7-13(19)18-12-8-9-12;/h1-3,5-6,12,14H,4,7-10,16H2,(H,17,20)(H,18,19);1H. The quantitative estimate of drug-likeness (QED) is 0.663. The third kappa shape index (κ3) is 6.14. The molecule has 1 aromatic rings. The van der Waals surface area contributed by atoms with Crippen molar-refractivity contribution >= 4 is 24.2 Å². The Morgan fingerprint density at radius 1 is 1.24 bits per heavy atom. The molecular weight excluding hydrogens is 290 g/mol. The second kappa shape index (κ2) is 8.64. The minimum absolute atomic E-state index is 0. The first-order valence-corrected chi connectivity index (χ1v) is 7.04. The monoisotopic (exact) mass is 311 g/mol. The maximum absolute atomic E-state index is 11.8. The first-order chi connectivity index (χ1) is 9.66. The average Bonchev–Trinajstić information content (AvgIpc) is 3.27. The Bertz CT molecular complexity index is 463. The van der Waals surface area contributed by atoms with E-state index < -0.39 is 6.04 Å². The minimum atomic E-state index is -0.656. The topological polar surface area (TPSA) is 84.2 Å². The van der Waals surface area contributed by atoms with Gasteiger partial charge in [-0.25, -0.2) is 0 Å². The third-order valence-electron chi connectivity index (χ3n) is 3.26. The number of benzene rings is 1. The number of halogens is 1. The summed E-state index contributed by atoms with van der Waals surface area (Å²) in [6, 6.07) is 8.97. The van der Waals surface area contributed by atoms with Crippen molar-refractivity contribution in [2.24, 2.45) is 5.73 Å². The first-order valence-electron chi connectivity index (χ1n) is 7.04. The van der Waals surface area contributed by atoms with Crippen molar-refractivity contribution < 1.29 is 9.59 Å². The fourth-order valence-corrected chi connectivity index (χ4v) is 1.91. The summed E-state index contributed by atoms with van der Waals surface area (Å²) >= 11 is 0. The van der Waals surface area contributed by atoms with E-state index in [4.69, 9.17) is 5.73 Å². The highest BCUT2D eigenvalue weighted by molar-refractivity contribution is 5.85. The van der Waals surface area contributed by atoms with E-state index in [1.165, 1.54) is 0 Å². The molecule has 1 unspecified atom stereocenters. The molecule has 0 aromatic heterocycles. The predicted octanol–water partition coefficient (Wildman–Crippen LogP) is 1.28. The van der Waals surface area contributed by atoms with Crippen molar-refractivity contribution in [1.82, 2.24) is 10.6 Å². The van der Waals surface area contributed by atoms with Crippen LogP contribution in [0.4, 0.5) is 0 Å². The molecule has 1 saturated carbocycles. The van der Waals surface area contributed by atoms with Crippen molar-refractivity contribution in [2.75, 3.05) is 6.54 Å². The summed E-state index contributed by atoms with van der Waals surface area (Å²) in [5.74, 6) is -0.145. The zero-order valence-corrected chi connectivity index (χ0v) is 12.7. The smallest absolute Gasteiger partial charge is 0.241 e. The number of nitrogens with one attached hydrogen (secondary N) is 2. The molecule has 2 rings (SSSR count). The molecule has 1 atom stereocenters. The number of hydrogen-bond acceptors (Lipinski definition) is 3. The number of hydrogen-bond donors (Lipinski definition) is 3. The van der Waals surface area contributed by atoms with Gasteiger partial charge in [0.05, 0.1) is 0 Å². The van der Waals surface area contributed by atoms with E-state index in [1.54, 1.807) is 0 Å². The van der Waals surface area contributed by atoms with Crippen LogP contribution in [0.25, 0.3) is 0 Å². The van der Waals surface area contributed by atoms with Crippen molar-refractivity contribution in [3.05, 3.63) is 35.9 Å². The molecule has 0 bridgehead atoms. The number of rotatable bonds is 7. The predicted molar refractivity (Wildman–Crippen MR) is 84.0 cm³/mol. The van der Waals surface area contributed by atoms with Gasteiger partial charge in [-0.05, 0) is 24.8 Å². The fraction of sp³-hybridized carbons (Fsp3) is 0.467. The summed E-state index contributed by atoms with van der Waals surface area (Å²) in [5, 5.41) is 5.68. The van der Waals surface area contributed by atoms with Crippen LogP contribution in [0.15, 0.2) is 30.3 Å². The lowest BCUT2D eigenvalue weighted by molar-refractivity contribution is -0.123. The summed E-state index contributed by atoms with van der Waals surface area (Å²) < 4.78 is 0. The summed E-state index contributed by atoms with van der Waals surface area (Å²) in [4.78, 5) is 23.3. The zero-order chi connectivity index (χ0) is 14.4. The molecule has 21 heavy (non-hydrogen) atoms. The van der Waals surface area contributed by atoms with E-state index in [0.717, 1.165) is 18.4 Å². The molecule has 0 heterocycles. The second-order valence-electron chi connectivity index (χ2n) is 5.12. The fourth-order valence-electron chi connectivity index (χ4n) is 1.91. The van der Waals surface area contributed by atoms with Crippen molar-refractivity contribution in [2.45, 2.75) is 37.8 Å². The highest BCUT2D eigenvalue weighted by Crippen LogP contribution is 2.18. The Morgan fingerprint density at radius 2 is 1.90 bits per heavy atom. The van der Waals surface area contributed by atoms with Gasteiger partial charge in [0.2, 0.25) is 11.8 Å². The number of amides is 2. The lowest BCUT2D eigenvalue weighted by Crippen LogP contribution is -2.35. The van der Waals surface area contributed by atoms with Gasteiger partial charge in [-0.15, -0.1) is 12.4 Å². The molecule has 4 N–H and O–H groups in total. The lowest BCUT2D eigenvalue weighted by Gasteiger charge is -2.12. The molecule has 116 valence electrons. The maximum Gasteiger partial charge on any atom is 0.241 e. The van der Waals surface area contributed by atoms with E-state index >= 15 is 0 Å². The highest BCUT2D eigenvalue weighted by atomic mass is 35.5. The molecule has 0 saturated heterocycles. The zero-order valence-electron chi connectivity index (χ0n) is 11.9. The normalized spacial score (nSPS) is 14.7. The average molecular weight is 312 g/mol. The van der Waals surface area contributed by atoms with Crippen molar-refractivity contribution in [3.63, 3.8) is 0 Å². The Hall–Kier alpha value is -1.59. The van der Waals surface area contributed by atoms with Gasteiger partial charge >= 0.3 is 0 Å². The van der Waals surface area contributed by atoms with E-state index in [0.29, 0.717) is 25.4 Å². The molecule has 1 aliphatic carbocycles. The Morgan fingerprint density at radius 3 is 2.52 bits per heavy atom. The maximum atomic E-state index is 11.8. The third-order valence-corrected chi connectivity index (χ3v) is 3.26. The lowest BCUT2D eigenvalue weighted by atomic mass is 10.1. The molecule has 5 nitrogen and oxygen atoms in total. The molecule has 0 spiro atoms. The van der Waals surface area contributed by atoms with Gasteiger partial charge in [0.15, 0.2) is 0 Å². The van der Waals surface area contributed by atoms with Crippen LogP contribution in [0.2, 0.25) is 0 Å². The van der Waals surface area contributed by atoms with Crippen LogP contribution >= 0.6 is 12.4 Å². The summed E-state index contributed by atoms with van der Waals surface area (Å²) in [6.07, 6.45) is 3.26. The molecule has 1 fully saturated rings. The van der Waals surface area contributed by atoms with E-state index in [2.05, 4.69) is 10.6 Å². The van der Waals surface area contributed by atoms with Crippen LogP contribution in [0.3, 0.4) is 0 Å². The Labute approximate surface area is 131 Å². The van der Waals surface area contributed by atoms with Crippen molar-refractivity contribution in [3.8, 4) is 0 Å². The molecule has 1 aliphatic rings. The van der Waals surface area contributed by atoms with Crippen LogP contribution < -0.4 is 16.4 Å².